The van der Waals surface area contributed by atoms with Crippen LogP contribution in [0.2, 0.25) is 0 Å². The maximum absolute atomic E-state index is 10.9. The number of unbranched alkanes of at least 4 members (excludes halogenated alkanes) is 10. The molecule has 0 aliphatic heterocycles. The fraction of sp³-hybridized carbons (Fsp3) is 0.667. The first kappa shape index (κ1) is 23.1. The van der Waals surface area contributed by atoms with E-state index >= 15 is 0 Å². The Morgan fingerprint density at radius 1 is 0.889 bits per heavy atom. The van der Waals surface area contributed by atoms with Gasteiger partial charge in [-0.3, -0.25) is 14.9 Å². The Bertz CT molecular complexity index is 547. The average Bonchev–Trinajstić information content (AvgIpc) is 2.64. The van der Waals surface area contributed by atoms with Gasteiger partial charge in [0.25, 0.3) is 5.69 Å². The molecule has 0 aliphatic rings. The van der Waals surface area contributed by atoms with Crippen LogP contribution < -0.4 is 0 Å². The number of benzene rings is 1. The van der Waals surface area contributed by atoms with Crippen molar-refractivity contribution in [1.82, 2.24) is 0 Å². The van der Waals surface area contributed by atoms with Gasteiger partial charge in [-0.05, 0) is 18.9 Å². The number of para-hydroxylation sites is 1. The van der Waals surface area contributed by atoms with Gasteiger partial charge in [-0.2, -0.15) is 0 Å². The molecule has 6 nitrogen and oxygen atoms in total. The molecule has 0 aromatic heterocycles. The molecule has 1 rings (SSSR count). The van der Waals surface area contributed by atoms with Crippen molar-refractivity contribution in [1.29, 1.82) is 0 Å². The first-order chi connectivity index (χ1) is 13.1. The number of hydrogen-bond acceptors (Lipinski definition) is 4. The number of carboxylic acid groups (broad SMARTS) is 1. The minimum atomic E-state index is -0.693. The SMILES string of the molecule is O=C(O)CCCCCCCCCCCCCOCc1ccccc1[N+](=O)[O-]. The van der Waals surface area contributed by atoms with Gasteiger partial charge in [0, 0.05) is 19.1 Å². The van der Waals surface area contributed by atoms with E-state index in [1.54, 1.807) is 18.2 Å². The van der Waals surface area contributed by atoms with Gasteiger partial charge >= 0.3 is 5.97 Å². The van der Waals surface area contributed by atoms with Crippen molar-refractivity contribution in [3.8, 4) is 0 Å². The summed E-state index contributed by atoms with van der Waals surface area (Å²) in [6, 6.07) is 6.71. The van der Waals surface area contributed by atoms with E-state index in [0.29, 0.717) is 25.2 Å². The van der Waals surface area contributed by atoms with E-state index in [-0.39, 0.29) is 10.6 Å². The van der Waals surface area contributed by atoms with Crippen LogP contribution in [0, 0.1) is 10.1 Å². The summed E-state index contributed by atoms with van der Waals surface area (Å²) in [5.41, 5.74) is 0.754. The fourth-order valence-electron chi connectivity index (χ4n) is 3.06. The molecule has 27 heavy (non-hydrogen) atoms. The Morgan fingerprint density at radius 2 is 1.41 bits per heavy atom. The van der Waals surface area contributed by atoms with Crippen LogP contribution in [-0.4, -0.2) is 22.6 Å². The van der Waals surface area contributed by atoms with Gasteiger partial charge in [0.1, 0.15) is 0 Å². The summed E-state index contributed by atoms with van der Waals surface area (Å²) < 4.78 is 5.58. The molecule has 0 bridgehead atoms. The normalized spacial score (nSPS) is 10.8. The number of nitro benzene ring substituents is 1. The maximum atomic E-state index is 10.9. The second-order valence-corrected chi connectivity index (χ2v) is 6.97. The molecule has 6 heteroatoms. The van der Waals surface area contributed by atoms with Crippen LogP contribution in [0.4, 0.5) is 5.69 Å². The predicted molar refractivity (Wildman–Crippen MR) is 106 cm³/mol. The molecule has 0 unspecified atom stereocenters. The summed E-state index contributed by atoms with van der Waals surface area (Å²) >= 11 is 0. The number of nitro groups is 1. The molecular weight excluding hydrogens is 346 g/mol. The highest BCUT2D eigenvalue weighted by Gasteiger charge is 2.11. The Balaban J connectivity index is 1.87. The second-order valence-electron chi connectivity index (χ2n) is 6.97. The van der Waals surface area contributed by atoms with E-state index in [1.165, 1.54) is 44.6 Å². The van der Waals surface area contributed by atoms with E-state index in [0.717, 1.165) is 32.1 Å². The Hall–Kier alpha value is -1.95. The monoisotopic (exact) mass is 379 g/mol. The van der Waals surface area contributed by atoms with Crippen molar-refractivity contribution < 1.29 is 19.6 Å². The summed E-state index contributed by atoms with van der Waals surface area (Å²) in [5.74, 6) is -0.693. The highest BCUT2D eigenvalue weighted by molar-refractivity contribution is 5.66. The van der Waals surface area contributed by atoms with Gasteiger partial charge in [0.05, 0.1) is 17.1 Å². The van der Waals surface area contributed by atoms with Crippen molar-refractivity contribution in [2.75, 3.05) is 6.61 Å². The molecule has 0 heterocycles. The minimum absolute atomic E-state index is 0.124. The zero-order valence-electron chi connectivity index (χ0n) is 16.2. The Morgan fingerprint density at radius 3 is 1.96 bits per heavy atom. The number of aliphatic carboxylic acids is 1. The average molecular weight is 379 g/mol. The molecule has 0 atom stereocenters. The predicted octanol–water partition coefficient (Wildman–Crippen LogP) is 5.88. The van der Waals surface area contributed by atoms with Crippen molar-refractivity contribution in [3.63, 3.8) is 0 Å². The van der Waals surface area contributed by atoms with E-state index in [9.17, 15) is 14.9 Å². The third-order valence-electron chi connectivity index (χ3n) is 4.63. The molecule has 0 aliphatic carbocycles. The van der Waals surface area contributed by atoms with Crippen LogP contribution in [0.3, 0.4) is 0 Å². The number of carbonyl (C=O) groups is 1. The lowest BCUT2D eigenvalue weighted by Gasteiger charge is -2.05. The molecule has 0 saturated heterocycles. The van der Waals surface area contributed by atoms with E-state index in [4.69, 9.17) is 9.84 Å². The van der Waals surface area contributed by atoms with Crippen LogP contribution in [-0.2, 0) is 16.1 Å². The lowest BCUT2D eigenvalue weighted by molar-refractivity contribution is -0.385. The molecule has 0 amide bonds. The number of hydrogen-bond donors (Lipinski definition) is 1. The van der Waals surface area contributed by atoms with Gasteiger partial charge in [-0.15, -0.1) is 0 Å². The summed E-state index contributed by atoms with van der Waals surface area (Å²) in [4.78, 5) is 20.9. The first-order valence-electron chi connectivity index (χ1n) is 10.1. The van der Waals surface area contributed by atoms with Crippen molar-refractivity contribution in [2.45, 2.75) is 83.7 Å². The lowest BCUT2D eigenvalue weighted by Crippen LogP contribution is -1.99. The number of ether oxygens (including phenoxy) is 1. The highest BCUT2D eigenvalue weighted by atomic mass is 16.6. The maximum Gasteiger partial charge on any atom is 0.303 e. The lowest BCUT2D eigenvalue weighted by atomic mass is 10.1. The third-order valence-corrected chi connectivity index (χ3v) is 4.63. The molecule has 152 valence electrons. The zero-order valence-corrected chi connectivity index (χ0v) is 16.2. The molecule has 0 saturated carbocycles. The third kappa shape index (κ3) is 12.1. The molecule has 1 aromatic carbocycles. The van der Waals surface area contributed by atoms with Crippen LogP contribution in [0.15, 0.2) is 24.3 Å². The van der Waals surface area contributed by atoms with Crippen molar-refractivity contribution in [3.05, 3.63) is 39.9 Å². The Labute approximate surface area is 162 Å². The van der Waals surface area contributed by atoms with Gasteiger partial charge in [-0.1, -0.05) is 69.9 Å². The summed E-state index contributed by atoms with van der Waals surface area (Å²) in [5, 5.41) is 19.5. The smallest absolute Gasteiger partial charge is 0.303 e. The minimum Gasteiger partial charge on any atom is -0.481 e. The highest BCUT2D eigenvalue weighted by Crippen LogP contribution is 2.18. The van der Waals surface area contributed by atoms with Gasteiger partial charge in [0.15, 0.2) is 0 Å². The Kier molecular flexibility index (Phi) is 12.9. The van der Waals surface area contributed by atoms with E-state index in [1.807, 2.05) is 0 Å². The molecular formula is C21H33NO5. The van der Waals surface area contributed by atoms with Crippen LogP contribution >= 0.6 is 0 Å². The number of nitrogens with zero attached hydrogens (tertiary/aromatic N) is 1. The van der Waals surface area contributed by atoms with Crippen LogP contribution in [0.5, 0.6) is 0 Å². The largest absolute Gasteiger partial charge is 0.481 e. The van der Waals surface area contributed by atoms with Crippen LogP contribution in [0.25, 0.3) is 0 Å². The molecule has 0 fully saturated rings. The topological polar surface area (TPSA) is 89.7 Å². The second kappa shape index (κ2) is 15.1. The molecule has 0 spiro atoms. The first-order valence-corrected chi connectivity index (χ1v) is 10.1. The number of carboxylic acids is 1. The summed E-state index contributed by atoms with van der Waals surface area (Å²) in [6.07, 6.45) is 12.8. The van der Waals surface area contributed by atoms with Gasteiger partial charge in [0.2, 0.25) is 0 Å². The standard InChI is InChI=1S/C21H33NO5/c23-21(24)16-10-8-6-4-2-1-3-5-7-9-13-17-27-18-19-14-11-12-15-20(19)22(25)26/h11-12,14-15H,1-10,13,16-18H2,(H,23,24). The van der Waals surface area contributed by atoms with Crippen molar-refractivity contribution >= 4 is 11.7 Å². The summed E-state index contributed by atoms with van der Waals surface area (Å²) in [7, 11) is 0. The quantitative estimate of drug-likeness (QED) is 0.207. The number of rotatable bonds is 17. The molecule has 0 radical (unpaired) electrons. The van der Waals surface area contributed by atoms with Crippen molar-refractivity contribution in [2.24, 2.45) is 0 Å². The fourth-order valence-corrected chi connectivity index (χ4v) is 3.06. The molecule has 1 N–H and O–H groups in total. The van der Waals surface area contributed by atoms with Gasteiger partial charge in [-0.25, -0.2) is 0 Å². The van der Waals surface area contributed by atoms with E-state index < -0.39 is 5.97 Å². The van der Waals surface area contributed by atoms with Gasteiger partial charge < -0.3 is 9.84 Å². The van der Waals surface area contributed by atoms with E-state index in [2.05, 4.69) is 0 Å². The zero-order chi connectivity index (χ0) is 19.7. The summed E-state index contributed by atoms with van der Waals surface area (Å²) in [6.45, 7) is 0.937. The molecule has 1 aromatic rings. The van der Waals surface area contributed by atoms with Crippen LogP contribution in [0.1, 0.15) is 82.6 Å².